The van der Waals surface area contributed by atoms with E-state index in [1.54, 1.807) is 30.5 Å². The highest BCUT2D eigenvalue weighted by Crippen LogP contribution is 2.16. The number of rotatable bonds is 3. The molecule has 1 aliphatic rings. The van der Waals surface area contributed by atoms with E-state index in [0.717, 1.165) is 25.1 Å². The maximum absolute atomic E-state index is 12.3. The number of hydrogen-bond donors (Lipinski definition) is 1. The van der Waals surface area contributed by atoms with Crippen molar-refractivity contribution < 1.29 is 14.3 Å². The Kier molecular flexibility index (Phi) is 3.91. The molecule has 0 fully saturated rings. The largest absolute Gasteiger partial charge is 0.427 e. The molecule has 1 aliphatic heterocycles. The van der Waals surface area contributed by atoms with Crippen LogP contribution in [0.1, 0.15) is 29.4 Å². The number of amides is 1. The highest BCUT2D eigenvalue weighted by atomic mass is 16.5. The first-order chi connectivity index (χ1) is 10.6. The van der Waals surface area contributed by atoms with Gasteiger partial charge in [0.05, 0.1) is 0 Å². The van der Waals surface area contributed by atoms with E-state index in [9.17, 15) is 9.59 Å². The Morgan fingerprint density at radius 2 is 2.05 bits per heavy atom. The van der Waals surface area contributed by atoms with E-state index >= 15 is 0 Å². The summed E-state index contributed by atoms with van der Waals surface area (Å²) in [7, 11) is 0. The fourth-order valence-electron chi connectivity index (χ4n) is 2.60. The topological polar surface area (TPSA) is 73.2 Å². The molecule has 1 unspecified atom stereocenters. The average molecular weight is 299 g/mol. The fourth-order valence-corrected chi connectivity index (χ4v) is 2.60. The van der Waals surface area contributed by atoms with Gasteiger partial charge in [-0.25, -0.2) is 0 Å². The van der Waals surface area contributed by atoms with Gasteiger partial charge in [-0.15, -0.1) is 0 Å². The number of carbonyl (C=O) groups excluding carboxylic acids is 2. The minimum absolute atomic E-state index is 0.116. The lowest BCUT2D eigenvalue weighted by Crippen LogP contribution is -2.40. The number of hydrogen-bond acceptors (Lipinski definition) is 4. The number of fused-ring (bicyclic) bond motifs is 1. The van der Waals surface area contributed by atoms with Gasteiger partial charge in [-0.05, 0) is 36.8 Å². The van der Waals surface area contributed by atoms with Crippen molar-refractivity contribution in [2.75, 3.05) is 0 Å². The van der Waals surface area contributed by atoms with Crippen molar-refractivity contribution in [1.29, 1.82) is 0 Å². The SMILES string of the molecule is CC(=O)Oc1ccc(C(=O)NC2CCn3nccc3C2)cc1. The van der Waals surface area contributed by atoms with Crippen LogP contribution in [0, 0.1) is 0 Å². The van der Waals surface area contributed by atoms with Gasteiger partial charge in [0.25, 0.3) is 5.91 Å². The van der Waals surface area contributed by atoms with Crippen molar-refractivity contribution >= 4 is 11.9 Å². The summed E-state index contributed by atoms with van der Waals surface area (Å²) in [6, 6.07) is 8.64. The minimum Gasteiger partial charge on any atom is -0.427 e. The summed E-state index contributed by atoms with van der Waals surface area (Å²) in [5.41, 5.74) is 1.69. The van der Waals surface area contributed by atoms with Gasteiger partial charge in [0.15, 0.2) is 0 Å². The molecule has 114 valence electrons. The molecular formula is C16H17N3O3. The molecule has 0 saturated heterocycles. The molecule has 3 rings (SSSR count). The second-order valence-electron chi connectivity index (χ2n) is 5.33. The molecular weight excluding hydrogens is 282 g/mol. The molecule has 2 heterocycles. The summed E-state index contributed by atoms with van der Waals surface area (Å²) in [6.07, 6.45) is 3.44. The standard InChI is InChI=1S/C16H17N3O3/c1-11(20)22-15-4-2-12(3-5-15)16(21)18-13-7-9-19-14(10-13)6-8-17-19/h2-6,8,13H,7,9-10H2,1H3,(H,18,21). The number of nitrogens with zero attached hydrogens (tertiary/aromatic N) is 2. The first-order valence-electron chi connectivity index (χ1n) is 7.22. The molecule has 0 spiro atoms. The zero-order valence-corrected chi connectivity index (χ0v) is 12.3. The van der Waals surface area contributed by atoms with E-state index < -0.39 is 0 Å². The number of ether oxygens (including phenoxy) is 1. The predicted molar refractivity (Wildman–Crippen MR) is 79.6 cm³/mol. The molecule has 0 radical (unpaired) electrons. The summed E-state index contributed by atoms with van der Waals surface area (Å²) in [5.74, 6) is -0.0611. The molecule has 1 aromatic carbocycles. The molecule has 0 saturated carbocycles. The molecule has 1 atom stereocenters. The molecule has 1 N–H and O–H groups in total. The molecule has 6 nitrogen and oxygen atoms in total. The number of aryl methyl sites for hydroxylation is 1. The lowest BCUT2D eigenvalue weighted by Gasteiger charge is -2.24. The smallest absolute Gasteiger partial charge is 0.308 e. The monoisotopic (exact) mass is 299 g/mol. The van der Waals surface area contributed by atoms with Gasteiger partial charge in [-0.3, -0.25) is 14.3 Å². The van der Waals surface area contributed by atoms with Crippen LogP contribution in [0.15, 0.2) is 36.5 Å². The summed E-state index contributed by atoms with van der Waals surface area (Å²) in [6.45, 7) is 2.16. The minimum atomic E-state index is -0.379. The highest BCUT2D eigenvalue weighted by Gasteiger charge is 2.20. The maximum atomic E-state index is 12.3. The Morgan fingerprint density at radius 1 is 1.27 bits per heavy atom. The van der Waals surface area contributed by atoms with E-state index in [0.29, 0.717) is 11.3 Å². The maximum Gasteiger partial charge on any atom is 0.308 e. The van der Waals surface area contributed by atoms with Gasteiger partial charge in [-0.2, -0.15) is 5.10 Å². The normalized spacial score (nSPS) is 16.7. The Labute approximate surface area is 128 Å². The number of esters is 1. The molecule has 0 aliphatic carbocycles. The number of benzene rings is 1. The predicted octanol–water partition coefficient (Wildman–Crippen LogP) is 1.55. The van der Waals surface area contributed by atoms with Crippen LogP contribution in [-0.2, 0) is 17.8 Å². The third-order valence-corrected chi connectivity index (χ3v) is 3.66. The van der Waals surface area contributed by atoms with Crippen LogP contribution in [0.5, 0.6) is 5.75 Å². The van der Waals surface area contributed by atoms with Crippen molar-refractivity contribution in [2.24, 2.45) is 0 Å². The highest BCUT2D eigenvalue weighted by molar-refractivity contribution is 5.94. The first kappa shape index (κ1) is 14.3. The van der Waals surface area contributed by atoms with Gasteiger partial charge in [0.1, 0.15) is 5.75 Å². The fraction of sp³-hybridized carbons (Fsp3) is 0.312. The van der Waals surface area contributed by atoms with Crippen LogP contribution in [0.2, 0.25) is 0 Å². The van der Waals surface area contributed by atoms with Crippen molar-refractivity contribution in [3.63, 3.8) is 0 Å². The quantitative estimate of drug-likeness (QED) is 0.689. The van der Waals surface area contributed by atoms with Crippen LogP contribution in [-0.4, -0.2) is 27.7 Å². The lowest BCUT2D eigenvalue weighted by molar-refractivity contribution is -0.131. The summed E-state index contributed by atoms with van der Waals surface area (Å²) in [5, 5.41) is 7.26. The van der Waals surface area contributed by atoms with Crippen LogP contribution in [0.3, 0.4) is 0 Å². The van der Waals surface area contributed by atoms with Crippen LogP contribution < -0.4 is 10.1 Å². The van der Waals surface area contributed by atoms with E-state index in [1.807, 2.05) is 10.7 Å². The van der Waals surface area contributed by atoms with Gasteiger partial charge in [-0.1, -0.05) is 0 Å². The van der Waals surface area contributed by atoms with Gasteiger partial charge >= 0.3 is 5.97 Å². The van der Waals surface area contributed by atoms with Crippen LogP contribution in [0.25, 0.3) is 0 Å². The summed E-state index contributed by atoms with van der Waals surface area (Å²) >= 11 is 0. The zero-order chi connectivity index (χ0) is 15.5. The van der Waals surface area contributed by atoms with E-state index in [1.165, 1.54) is 6.92 Å². The number of aromatic nitrogens is 2. The van der Waals surface area contributed by atoms with Gasteiger partial charge < -0.3 is 10.1 Å². The van der Waals surface area contributed by atoms with Crippen molar-refractivity contribution in [2.45, 2.75) is 32.4 Å². The van der Waals surface area contributed by atoms with Crippen molar-refractivity contribution in [1.82, 2.24) is 15.1 Å². The lowest BCUT2D eigenvalue weighted by atomic mass is 10.0. The average Bonchev–Trinajstić information content (AvgIpc) is 2.95. The van der Waals surface area contributed by atoms with E-state index in [2.05, 4.69) is 10.4 Å². The zero-order valence-electron chi connectivity index (χ0n) is 12.3. The molecule has 1 amide bonds. The molecule has 6 heteroatoms. The van der Waals surface area contributed by atoms with Crippen LogP contribution >= 0.6 is 0 Å². The van der Waals surface area contributed by atoms with E-state index in [4.69, 9.17) is 4.74 Å². The second kappa shape index (κ2) is 6.01. The summed E-state index contributed by atoms with van der Waals surface area (Å²) in [4.78, 5) is 23.1. The third kappa shape index (κ3) is 3.16. The molecule has 2 aromatic rings. The second-order valence-corrected chi connectivity index (χ2v) is 5.33. The van der Waals surface area contributed by atoms with Crippen molar-refractivity contribution in [3.05, 3.63) is 47.8 Å². The van der Waals surface area contributed by atoms with Gasteiger partial charge in [0.2, 0.25) is 0 Å². The Bertz CT molecular complexity index is 691. The first-order valence-corrected chi connectivity index (χ1v) is 7.22. The number of nitrogens with one attached hydrogen (secondary N) is 1. The van der Waals surface area contributed by atoms with Crippen LogP contribution in [0.4, 0.5) is 0 Å². The van der Waals surface area contributed by atoms with Crippen molar-refractivity contribution in [3.8, 4) is 5.75 Å². The summed E-state index contributed by atoms with van der Waals surface area (Å²) < 4.78 is 6.92. The Balaban J connectivity index is 1.61. The molecule has 22 heavy (non-hydrogen) atoms. The Hall–Kier alpha value is -2.63. The molecule has 1 aromatic heterocycles. The number of carbonyl (C=O) groups is 2. The third-order valence-electron chi connectivity index (χ3n) is 3.66. The van der Waals surface area contributed by atoms with E-state index in [-0.39, 0.29) is 17.9 Å². The Morgan fingerprint density at radius 3 is 2.77 bits per heavy atom. The van der Waals surface area contributed by atoms with Gasteiger partial charge in [0, 0.05) is 43.4 Å². The molecule has 0 bridgehead atoms.